The van der Waals surface area contributed by atoms with E-state index < -0.39 is 0 Å². The van der Waals surface area contributed by atoms with E-state index in [2.05, 4.69) is 36.1 Å². The normalized spacial score (nSPS) is 12.0. The summed E-state index contributed by atoms with van der Waals surface area (Å²) in [7, 11) is 1.95. The molecule has 122 valence electrons. The zero-order valence-electron chi connectivity index (χ0n) is 14.1. The molecule has 1 atom stereocenters. The van der Waals surface area contributed by atoms with Crippen LogP contribution in [0, 0.1) is 19.7 Å². The van der Waals surface area contributed by atoms with E-state index in [4.69, 9.17) is 0 Å². The maximum absolute atomic E-state index is 13.2. The Labute approximate surface area is 141 Å². The van der Waals surface area contributed by atoms with Crippen molar-refractivity contribution in [2.24, 2.45) is 0 Å². The molecule has 0 fully saturated rings. The first kappa shape index (κ1) is 16.0. The summed E-state index contributed by atoms with van der Waals surface area (Å²) in [5, 5.41) is 1.16. The fourth-order valence-corrected chi connectivity index (χ4v) is 2.95. The van der Waals surface area contributed by atoms with Gasteiger partial charge in [0, 0.05) is 30.0 Å². The van der Waals surface area contributed by atoms with Gasteiger partial charge >= 0.3 is 0 Å². The van der Waals surface area contributed by atoms with Crippen LogP contribution in [0.1, 0.15) is 23.0 Å². The second kappa shape index (κ2) is 6.34. The quantitative estimate of drug-likeness (QED) is 0.697. The lowest BCUT2D eigenvalue weighted by atomic mass is 10.1. The number of nitrogens with zero attached hydrogens (tertiary/aromatic N) is 2. The molecule has 0 aliphatic heterocycles. The number of hydrogen-bond donors (Lipinski definition) is 1. The van der Waals surface area contributed by atoms with Crippen LogP contribution in [0.15, 0.2) is 54.9 Å². The molecular formula is C20H20FN3. The predicted molar refractivity (Wildman–Crippen MR) is 96.8 cm³/mol. The van der Waals surface area contributed by atoms with Crippen molar-refractivity contribution in [1.29, 1.82) is 0 Å². The molecular weight excluding hydrogens is 301 g/mol. The maximum atomic E-state index is 13.2. The monoisotopic (exact) mass is 321 g/mol. The second-order valence-corrected chi connectivity index (χ2v) is 5.90. The van der Waals surface area contributed by atoms with Crippen LogP contribution in [0.5, 0.6) is 0 Å². The molecule has 24 heavy (non-hydrogen) atoms. The molecule has 3 nitrogen and oxygen atoms in total. The average molecular weight is 321 g/mol. The molecule has 0 aliphatic rings. The van der Waals surface area contributed by atoms with Crippen molar-refractivity contribution in [3.63, 3.8) is 0 Å². The average Bonchev–Trinajstić information content (AvgIpc) is 2.88. The number of rotatable bonds is 4. The van der Waals surface area contributed by atoms with Gasteiger partial charge in [0.15, 0.2) is 0 Å². The summed E-state index contributed by atoms with van der Waals surface area (Å²) < 4.78 is 13.2. The number of pyridine rings is 1. The molecule has 1 N–H and O–H groups in total. The minimum atomic E-state index is -0.251. The van der Waals surface area contributed by atoms with Crippen LogP contribution >= 0.6 is 0 Å². The van der Waals surface area contributed by atoms with E-state index in [0.29, 0.717) is 0 Å². The number of benzene rings is 1. The highest BCUT2D eigenvalue weighted by molar-refractivity contribution is 5.86. The standard InChI is InChI=1S/C20H20FN3/c1-5-6-18(24(4)16-9-7-15(21)8-10-16)20-19-17(11-12-22-20)13(2)14(3)23-19/h6-12,18,23H,1H2,2-4H3. The maximum Gasteiger partial charge on any atom is 0.123 e. The van der Waals surface area contributed by atoms with Gasteiger partial charge in [-0.15, -0.1) is 5.73 Å². The van der Waals surface area contributed by atoms with Gasteiger partial charge in [-0.3, -0.25) is 4.98 Å². The molecule has 0 aliphatic carbocycles. The fraction of sp³-hybridized carbons (Fsp3) is 0.200. The Morgan fingerprint density at radius 1 is 1.25 bits per heavy atom. The number of hydrogen-bond acceptors (Lipinski definition) is 2. The molecule has 2 aromatic heterocycles. The van der Waals surface area contributed by atoms with Crippen molar-refractivity contribution in [2.45, 2.75) is 19.9 Å². The molecule has 1 aromatic carbocycles. The van der Waals surface area contributed by atoms with Crippen LogP contribution in [0.4, 0.5) is 10.1 Å². The number of H-pyrrole nitrogens is 1. The topological polar surface area (TPSA) is 31.9 Å². The molecule has 0 saturated carbocycles. The molecule has 0 saturated heterocycles. The Kier molecular flexibility index (Phi) is 4.24. The van der Waals surface area contributed by atoms with Crippen molar-refractivity contribution in [3.05, 3.63) is 77.7 Å². The van der Waals surface area contributed by atoms with Gasteiger partial charge in [-0.1, -0.05) is 6.58 Å². The van der Waals surface area contributed by atoms with Gasteiger partial charge in [-0.05, 0) is 55.8 Å². The third kappa shape index (κ3) is 2.72. The second-order valence-electron chi connectivity index (χ2n) is 5.90. The minimum absolute atomic E-state index is 0.158. The van der Waals surface area contributed by atoms with E-state index in [1.807, 2.05) is 30.3 Å². The van der Waals surface area contributed by atoms with Crippen molar-refractivity contribution < 1.29 is 4.39 Å². The Morgan fingerprint density at radius 3 is 2.62 bits per heavy atom. The van der Waals surface area contributed by atoms with E-state index >= 15 is 0 Å². The van der Waals surface area contributed by atoms with E-state index in [1.54, 1.807) is 12.1 Å². The van der Waals surface area contributed by atoms with Gasteiger partial charge in [-0.25, -0.2) is 4.39 Å². The van der Waals surface area contributed by atoms with Crippen LogP contribution in [-0.4, -0.2) is 17.0 Å². The van der Waals surface area contributed by atoms with Crippen LogP contribution in [0.3, 0.4) is 0 Å². The third-order valence-corrected chi connectivity index (χ3v) is 4.47. The summed E-state index contributed by atoms with van der Waals surface area (Å²) in [6.45, 7) is 7.87. The first-order valence-electron chi connectivity index (χ1n) is 7.81. The molecule has 4 heteroatoms. The van der Waals surface area contributed by atoms with E-state index in [9.17, 15) is 4.39 Å². The first-order chi connectivity index (χ1) is 11.5. The first-order valence-corrected chi connectivity index (χ1v) is 7.81. The Hall–Kier alpha value is -2.84. The third-order valence-electron chi connectivity index (χ3n) is 4.47. The molecule has 0 bridgehead atoms. The number of anilines is 1. The van der Waals surface area contributed by atoms with Crippen molar-refractivity contribution >= 4 is 16.6 Å². The van der Waals surface area contributed by atoms with Crippen LogP contribution in [0.2, 0.25) is 0 Å². The predicted octanol–water partition coefficient (Wildman–Crippen LogP) is 4.84. The zero-order chi connectivity index (χ0) is 17.3. The lowest BCUT2D eigenvalue weighted by molar-refractivity contribution is 0.627. The van der Waals surface area contributed by atoms with Gasteiger partial charge in [0.05, 0.1) is 17.3 Å². The summed E-state index contributed by atoms with van der Waals surface area (Å²) in [4.78, 5) is 10.1. The molecule has 3 rings (SSSR count). The smallest absolute Gasteiger partial charge is 0.123 e. The lowest BCUT2D eigenvalue weighted by Crippen LogP contribution is -2.23. The number of aryl methyl sites for hydroxylation is 2. The highest BCUT2D eigenvalue weighted by Crippen LogP contribution is 2.31. The summed E-state index contributed by atoms with van der Waals surface area (Å²) in [6, 6.07) is 8.28. The Bertz CT molecular complexity index is 918. The highest BCUT2D eigenvalue weighted by Gasteiger charge is 2.20. The fourth-order valence-electron chi connectivity index (χ4n) is 2.95. The lowest BCUT2D eigenvalue weighted by Gasteiger charge is -2.27. The Balaban J connectivity index is 2.13. The van der Waals surface area contributed by atoms with Crippen LogP contribution < -0.4 is 4.90 Å². The van der Waals surface area contributed by atoms with Crippen molar-refractivity contribution in [2.75, 3.05) is 11.9 Å². The van der Waals surface area contributed by atoms with E-state index in [-0.39, 0.29) is 11.9 Å². The molecule has 3 aromatic rings. The number of likely N-dealkylation sites (N-methyl/N-ethyl adjacent to an activating group) is 1. The van der Waals surface area contributed by atoms with Crippen molar-refractivity contribution in [1.82, 2.24) is 9.97 Å². The number of aromatic nitrogens is 2. The summed E-state index contributed by atoms with van der Waals surface area (Å²) in [5.74, 6) is -0.251. The van der Waals surface area contributed by atoms with Gasteiger partial charge in [-0.2, -0.15) is 0 Å². The van der Waals surface area contributed by atoms with E-state index in [1.165, 1.54) is 17.7 Å². The Morgan fingerprint density at radius 2 is 1.96 bits per heavy atom. The molecule has 0 spiro atoms. The van der Waals surface area contributed by atoms with Gasteiger partial charge in [0.25, 0.3) is 0 Å². The van der Waals surface area contributed by atoms with Gasteiger partial charge < -0.3 is 9.88 Å². The summed E-state index contributed by atoms with van der Waals surface area (Å²) >= 11 is 0. The van der Waals surface area contributed by atoms with Crippen LogP contribution in [0.25, 0.3) is 10.9 Å². The SMILES string of the molecule is C=C=CC(c1nccc2c(C)c(C)[nH]c12)N(C)c1ccc(F)cc1. The van der Waals surface area contributed by atoms with Gasteiger partial charge in [0.1, 0.15) is 5.82 Å². The molecule has 2 heterocycles. The number of fused-ring (bicyclic) bond motifs is 1. The number of nitrogens with one attached hydrogen (secondary N) is 1. The molecule has 0 amide bonds. The number of halogens is 1. The van der Waals surface area contributed by atoms with Crippen molar-refractivity contribution in [3.8, 4) is 0 Å². The van der Waals surface area contributed by atoms with E-state index in [0.717, 1.165) is 28.0 Å². The zero-order valence-corrected chi connectivity index (χ0v) is 14.1. The van der Waals surface area contributed by atoms with Gasteiger partial charge in [0.2, 0.25) is 0 Å². The minimum Gasteiger partial charge on any atom is -0.362 e. The summed E-state index contributed by atoms with van der Waals surface area (Å²) in [5.41, 5.74) is 8.02. The number of aromatic amines is 1. The van der Waals surface area contributed by atoms with Crippen LogP contribution in [-0.2, 0) is 0 Å². The molecule has 1 unspecified atom stereocenters. The highest BCUT2D eigenvalue weighted by atomic mass is 19.1. The molecule has 0 radical (unpaired) electrons. The largest absolute Gasteiger partial charge is 0.362 e. The summed E-state index contributed by atoms with van der Waals surface area (Å²) in [6.07, 6.45) is 3.69.